The number of aromatic amines is 1. The van der Waals surface area contributed by atoms with Gasteiger partial charge < -0.3 is 20.8 Å². The molecule has 1 aromatic heterocycles. The summed E-state index contributed by atoms with van der Waals surface area (Å²) in [5.41, 5.74) is 6.18. The molecule has 0 spiro atoms. The van der Waals surface area contributed by atoms with Gasteiger partial charge >= 0.3 is 5.97 Å². The number of primary amides is 1. The van der Waals surface area contributed by atoms with Crippen molar-refractivity contribution in [3.8, 4) is 0 Å². The highest BCUT2D eigenvalue weighted by atomic mass is 16.5. The number of esters is 1. The van der Waals surface area contributed by atoms with Crippen molar-refractivity contribution in [3.63, 3.8) is 0 Å². The van der Waals surface area contributed by atoms with Crippen molar-refractivity contribution in [3.05, 3.63) is 70.3 Å². The summed E-state index contributed by atoms with van der Waals surface area (Å²) in [6.07, 6.45) is -0.912. The van der Waals surface area contributed by atoms with Gasteiger partial charge in [-0.1, -0.05) is 12.1 Å². The predicted molar refractivity (Wildman–Crippen MR) is 110 cm³/mol. The van der Waals surface area contributed by atoms with Crippen molar-refractivity contribution < 1.29 is 19.1 Å². The Morgan fingerprint density at radius 2 is 1.83 bits per heavy atom. The van der Waals surface area contributed by atoms with Crippen LogP contribution in [0.3, 0.4) is 0 Å². The standard InChI is InChI=1S/C21H20N4O5/c1-12(20(28)23-14-8-6-13(7-9-14)19(22)27)30-18(26)11-10-17-24-16-5-3-2-4-15(16)21(29)25-17/h2-9,12H,10-11H2,1H3,(H2,22,27)(H,23,28)(H,24,25,29)/t12-/m0/s1. The van der Waals surface area contributed by atoms with Crippen LogP contribution >= 0.6 is 0 Å². The number of rotatable bonds is 7. The van der Waals surface area contributed by atoms with Crippen LogP contribution in [0.15, 0.2) is 53.3 Å². The molecule has 154 valence electrons. The van der Waals surface area contributed by atoms with Crippen LogP contribution in [0, 0.1) is 0 Å². The van der Waals surface area contributed by atoms with Gasteiger partial charge in [0.25, 0.3) is 11.5 Å². The number of amides is 2. The Hall–Kier alpha value is -4.01. The summed E-state index contributed by atoms with van der Waals surface area (Å²) in [4.78, 5) is 54.4. The number of hydrogen-bond acceptors (Lipinski definition) is 6. The number of aromatic nitrogens is 2. The summed E-state index contributed by atoms with van der Waals surface area (Å²) in [6.45, 7) is 1.45. The molecule has 3 rings (SSSR count). The molecule has 0 unspecified atom stereocenters. The molecule has 1 heterocycles. The number of aryl methyl sites for hydroxylation is 1. The van der Waals surface area contributed by atoms with E-state index < -0.39 is 23.9 Å². The minimum Gasteiger partial charge on any atom is -0.453 e. The first-order valence-corrected chi connectivity index (χ1v) is 9.21. The Labute approximate surface area is 171 Å². The average molecular weight is 408 g/mol. The van der Waals surface area contributed by atoms with E-state index in [1.807, 2.05) is 0 Å². The zero-order chi connectivity index (χ0) is 21.7. The number of carbonyl (C=O) groups excluding carboxylic acids is 3. The lowest BCUT2D eigenvalue weighted by molar-refractivity contribution is -0.153. The Morgan fingerprint density at radius 3 is 2.53 bits per heavy atom. The summed E-state index contributed by atoms with van der Waals surface area (Å²) in [6, 6.07) is 12.9. The minimum atomic E-state index is -1.03. The number of H-pyrrole nitrogens is 1. The van der Waals surface area contributed by atoms with Crippen molar-refractivity contribution in [2.75, 3.05) is 5.32 Å². The van der Waals surface area contributed by atoms with E-state index in [1.54, 1.807) is 24.3 Å². The lowest BCUT2D eigenvalue weighted by Gasteiger charge is -2.13. The van der Waals surface area contributed by atoms with Gasteiger partial charge in [-0.3, -0.25) is 19.2 Å². The molecule has 4 N–H and O–H groups in total. The second-order valence-electron chi connectivity index (χ2n) is 6.59. The fourth-order valence-corrected chi connectivity index (χ4v) is 2.75. The molecule has 0 aliphatic rings. The number of carbonyl (C=O) groups is 3. The first kappa shape index (κ1) is 20.7. The third-order valence-corrected chi connectivity index (χ3v) is 4.34. The largest absolute Gasteiger partial charge is 0.453 e. The van der Waals surface area contributed by atoms with Gasteiger partial charge in [0.15, 0.2) is 6.10 Å². The third kappa shape index (κ3) is 5.07. The number of ether oxygens (including phenoxy) is 1. The first-order valence-electron chi connectivity index (χ1n) is 9.21. The van der Waals surface area contributed by atoms with Gasteiger partial charge in [-0.05, 0) is 43.3 Å². The first-order chi connectivity index (χ1) is 14.3. The predicted octanol–water partition coefficient (Wildman–Crippen LogP) is 1.52. The van der Waals surface area contributed by atoms with Crippen LogP contribution < -0.4 is 16.6 Å². The molecule has 30 heavy (non-hydrogen) atoms. The summed E-state index contributed by atoms with van der Waals surface area (Å²) in [5.74, 6) is -1.33. The van der Waals surface area contributed by atoms with E-state index in [9.17, 15) is 19.2 Å². The molecule has 1 atom stereocenters. The zero-order valence-corrected chi connectivity index (χ0v) is 16.2. The molecule has 9 nitrogen and oxygen atoms in total. The van der Waals surface area contributed by atoms with E-state index in [0.717, 1.165) is 0 Å². The number of hydrogen-bond donors (Lipinski definition) is 3. The lowest BCUT2D eigenvalue weighted by atomic mass is 10.2. The van der Waals surface area contributed by atoms with Crippen LogP contribution in [0.2, 0.25) is 0 Å². The summed E-state index contributed by atoms with van der Waals surface area (Å²) < 4.78 is 5.14. The van der Waals surface area contributed by atoms with Gasteiger partial charge in [-0.25, -0.2) is 4.98 Å². The summed E-state index contributed by atoms with van der Waals surface area (Å²) in [5, 5.41) is 3.06. The molecular formula is C21H20N4O5. The van der Waals surface area contributed by atoms with Gasteiger partial charge in [-0.15, -0.1) is 0 Å². The Balaban J connectivity index is 1.53. The van der Waals surface area contributed by atoms with Gasteiger partial charge in [0, 0.05) is 17.7 Å². The highest BCUT2D eigenvalue weighted by molar-refractivity contribution is 5.96. The third-order valence-electron chi connectivity index (χ3n) is 4.34. The maximum absolute atomic E-state index is 12.2. The summed E-state index contributed by atoms with van der Waals surface area (Å²) >= 11 is 0. The van der Waals surface area contributed by atoms with Gasteiger partial charge in [0.2, 0.25) is 5.91 Å². The molecule has 0 saturated carbocycles. The molecule has 0 aliphatic heterocycles. The van der Waals surface area contributed by atoms with E-state index in [2.05, 4.69) is 15.3 Å². The molecule has 0 aliphatic carbocycles. The van der Waals surface area contributed by atoms with E-state index in [1.165, 1.54) is 31.2 Å². The number of nitrogens with zero attached hydrogens (tertiary/aromatic N) is 1. The van der Waals surface area contributed by atoms with Crippen molar-refractivity contribution in [2.45, 2.75) is 25.9 Å². The zero-order valence-electron chi connectivity index (χ0n) is 16.2. The van der Waals surface area contributed by atoms with Crippen LogP contribution in [0.5, 0.6) is 0 Å². The maximum Gasteiger partial charge on any atom is 0.307 e. The van der Waals surface area contributed by atoms with Gasteiger partial charge in [-0.2, -0.15) is 0 Å². The number of para-hydroxylation sites is 1. The molecular weight excluding hydrogens is 388 g/mol. The van der Waals surface area contributed by atoms with Crippen LogP contribution in [0.1, 0.15) is 29.5 Å². The number of nitrogens with two attached hydrogens (primary N) is 1. The number of anilines is 1. The van der Waals surface area contributed by atoms with Crippen molar-refractivity contribution in [2.24, 2.45) is 5.73 Å². The smallest absolute Gasteiger partial charge is 0.307 e. The minimum absolute atomic E-state index is 0.0494. The Morgan fingerprint density at radius 1 is 1.13 bits per heavy atom. The van der Waals surface area contributed by atoms with E-state index >= 15 is 0 Å². The number of nitrogens with one attached hydrogen (secondary N) is 2. The Kier molecular flexibility index (Phi) is 6.21. The molecule has 3 aromatic rings. The highest BCUT2D eigenvalue weighted by Crippen LogP contribution is 2.11. The van der Waals surface area contributed by atoms with Crippen molar-refractivity contribution >= 4 is 34.4 Å². The van der Waals surface area contributed by atoms with E-state index in [4.69, 9.17) is 10.5 Å². The summed E-state index contributed by atoms with van der Waals surface area (Å²) in [7, 11) is 0. The second kappa shape index (κ2) is 8.99. The second-order valence-corrected chi connectivity index (χ2v) is 6.59. The molecule has 0 bridgehead atoms. The van der Waals surface area contributed by atoms with Crippen LogP contribution in [0.4, 0.5) is 5.69 Å². The fraction of sp³-hybridized carbons (Fsp3) is 0.190. The molecule has 9 heteroatoms. The molecule has 0 radical (unpaired) electrons. The van der Waals surface area contributed by atoms with Crippen molar-refractivity contribution in [1.29, 1.82) is 0 Å². The van der Waals surface area contributed by atoms with Gasteiger partial charge in [0.1, 0.15) is 5.82 Å². The van der Waals surface area contributed by atoms with Crippen LogP contribution in [0.25, 0.3) is 10.9 Å². The fourth-order valence-electron chi connectivity index (χ4n) is 2.75. The molecule has 0 saturated heterocycles. The van der Waals surface area contributed by atoms with Crippen LogP contribution in [-0.2, 0) is 20.7 Å². The normalized spacial score (nSPS) is 11.6. The quantitative estimate of drug-likeness (QED) is 0.506. The molecule has 2 aromatic carbocycles. The van der Waals surface area contributed by atoms with E-state index in [-0.39, 0.29) is 18.4 Å². The maximum atomic E-state index is 12.2. The van der Waals surface area contributed by atoms with Crippen molar-refractivity contribution in [1.82, 2.24) is 9.97 Å². The average Bonchev–Trinajstić information content (AvgIpc) is 2.72. The highest BCUT2D eigenvalue weighted by Gasteiger charge is 2.18. The number of benzene rings is 2. The van der Waals surface area contributed by atoms with E-state index in [0.29, 0.717) is 28.0 Å². The Bertz CT molecular complexity index is 1150. The number of fused-ring (bicyclic) bond motifs is 1. The lowest BCUT2D eigenvalue weighted by Crippen LogP contribution is -2.30. The molecule has 0 fully saturated rings. The van der Waals surface area contributed by atoms with Gasteiger partial charge in [0.05, 0.1) is 17.3 Å². The monoisotopic (exact) mass is 408 g/mol. The molecule has 2 amide bonds. The topological polar surface area (TPSA) is 144 Å². The SMILES string of the molecule is C[C@H](OC(=O)CCc1nc2ccccc2c(=O)[nH]1)C(=O)Nc1ccc(C(N)=O)cc1. The van der Waals surface area contributed by atoms with Crippen LogP contribution in [-0.4, -0.2) is 33.9 Å².